The van der Waals surface area contributed by atoms with Gasteiger partial charge in [0, 0.05) is 0 Å². The highest BCUT2D eigenvalue weighted by Crippen LogP contribution is 2.49. The van der Waals surface area contributed by atoms with Crippen LogP contribution >= 0.6 is 0 Å². The van der Waals surface area contributed by atoms with Crippen LogP contribution in [0.5, 0.6) is 0 Å². The molecule has 0 nitrogen and oxygen atoms in total. The van der Waals surface area contributed by atoms with E-state index in [1.807, 2.05) is 0 Å². The van der Waals surface area contributed by atoms with Crippen molar-refractivity contribution in [1.82, 2.24) is 0 Å². The van der Waals surface area contributed by atoms with Gasteiger partial charge in [0.15, 0.2) is 0 Å². The average molecular weight is 120 g/mol. The molecule has 48 valence electrons. The van der Waals surface area contributed by atoms with Gasteiger partial charge in [-0.3, -0.25) is 0 Å². The van der Waals surface area contributed by atoms with Crippen molar-refractivity contribution in [2.75, 3.05) is 0 Å². The molecule has 0 aromatic carbocycles. The molecule has 0 radical (unpaired) electrons. The van der Waals surface area contributed by atoms with Crippen molar-refractivity contribution in [3.63, 3.8) is 0 Å². The van der Waals surface area contributed by atoms with Gasteiger partial charge < -0.3 is 0 Å². The maximum atomic E-state index is 4.02. The molecule has 2 fully saturated rings. The van der Waals surface area contributed by atoms with Gasteiger partial charge in [0.2, 0.25) is 0 Å². The summed E-state index contributed by atoms with van der Waals surface area (Å²) < 4.78 is 0. The van der Waals surface area contributed by atoms with Gasteiger partial charge in [0.25, 0.3) is 0 Å². The van der Waals surface area contributed by atoms with E-state index in [-0.39, 0.29) is 0 Å². The van der Waals surface area contributed by atoms with Gasteiger partial charge in [-0.05, 0) is 42.2 Å². The molecular formula is C9H12. The molecule has 0 spiro atoms. The van der Waals surface area contributed by atoms with Crippen LogP contribution in [0.15, 0.2) is 24.3 Å². The summed E-state index contributed by atoms with van der Waals surface area (Å²) in [6.45, 7) is 8.04. The molecule has 9 heavy (non-hydrogen) atoms. The van der Waals surface area contributed by atoms with Crippen molar-refractivity contribution in [3.8, 4) is 0 Å². The van der Waals surface area contributed by atoms with Crippen LogP contribution in [0.4, 0.5) is 0 Å². The fourth-order valence-electron chi connectivity index (χ4n) is 2.14. The Hall–Kier alpha value is -0.520. The van der Waals surface area contributed by atoms with E-state index >= 15 is 0 Å². The van der Waals surface area contributed by atoms with E-state index in [9.17, 15) is 0 Å². The number of rotatable bonds is 0. The molecule has 2 bridgehead atoms. The van der Waals surface area contributed by atoms with Crippen LogP contribution in [0, 0.1) is 11.8 Å². The van der Waals surface area contributed by atoms with E-state index in [0.29, 0.717) is 0 Å². The van der Waals surface area contributed by atoms with Crippen molar-refractivity contribution >= 4 is 0 Å². The monoisotopic (exact) mass is 120 g/mol. The van der Waals surface area contributed by atoms with Gasteiger partial charge in [0.05, 0.1) is 0 Å². The molecule has 0 heterocycles. The van der Waals surface area contributed by atoms with E-state index in [4.69, 9.17) is 0 Å². The lowest BCUT2D eigenvalue weighted by atomic mass is 9.92. The summed E-state index contributed by atoms with van der Waals surface area (Å²) >= 11 is 0. The molecule has 2 atom stereocenters. The first-order chi connectivity index (χ1) is 4.29. The Kier molecular flexibility index (Phi) is 0.879. The zero-order valence-corrected chi connectivity index (χ0v) is 5.69. The molecule has 0 N–H and O–H groups in total. The number of hydrogen-bond donors (Lipinski definition) is 0. The lowest BCUT2D eigenvalue weighted by molar-refractivity contribution is 0.658. The Morgan fingerprint density at radius 2 is 1.44 bits per heavy atom. The van der Waals surface area contributed by atoms with Crippen molar-refractivity contribution in [2.24, 2.45) is 11.8 Å². The molecule has 0 heteroatoms. The van der Waals surface area contributed by atoms with E-state index in [0.717, 1.165) is 11.8 Å². The summed E-state index contributed by atoms with van der Waals surface area (Å²) in [4.78, 5) is 0. The fourth-order valence-corrected chi connectivity index (χ4v) is 2.14. The smallest absolute Gasteiger partial charge is 0.0159 e. The summed E-state index contributed by atoms with van der Waals surface area (Å²) in [5.41, 5.74) is 2.71. The predicted molar refractivity (Wildman–Crippen MR) is 39.1 cm³/mol. The Bertz CT molecular complexity index is 156. The third kappa shape index (κ3) is 0.536. The van der Waals surface area contributed by atoms with Crippen molar-refractivity contribution in [2.45, 2.75) is 19.3 Å². The molecule has 2 rings (SSSR count). The maximum absolute atomic E-state index is 4.02. The minimum absolute atomic E-state index is 0.822. The lowest BCUT2D eigenvalue weighted by Gasteiger charge is -2.13. The van der Waals surface area contributed by atoms with E-state index in [1.165, 1.54) is 30.4 Å². The molecule has 0 aliphatic heterocycles. The van der Waals surface area contributed by atoms with Crippen molar-refractivity contribution in [3.05, 3.63) is 24.3 Å². The normalized spacial score (nSPS) is 40.4. The molecule has 2 aliphatic rings. The van der Waals surface area contributed by atoms with Gasteiger partial charge in [-0.25, -0.2) is 0 Å². The molecule has 2 saturated carbocycles. The van der Waals surface area contributed by atoms with Gasteiger partial charge in [-0.1, -0.05) is 13.2 Å². The van der Waals surface area contributed by atoms with Crippen LogP contribution in [0.3, 0.4) is 0 Å². The Balaban J connectivity index is 2.35. The third-order valence-corrected chi connectivity index (χ3v) is 2.83. The van der Waals surface area contributed by atoms with Crippen LogP contribution < -0.4 is 0 Å². The summed E-state index contributed by atoms with van der Waals surface area (Å²) in [5.74, 6) is 1.64. The Morgan fingerprint density at radius 3 is 1.67 bits per heavy atom. The molecule has 0 unspecified atom stereocenters. The highest BCUT2D eigenvalue weighted by Gasteiger charge is 2.36. The fraction of sp³-hybridized carbons (Fsp3) is 0.556. The summed E-state index contributed by atoms with van der Waals surface area (Å²) in [6.07, 6.45) is 4.11. The van der Waals surface area contributed by atoms with Gasteiger partial charge in [-0.15, -0.1) is 0 Å². The first-order valence-corrected chi connectivity index (χ1v) is 3.67. The van der Waals surface area contributed by atoms with Crippen LogP contribution in [0.25, 0.3) is 0 Å². The lowest BCUT2D eigenvalue weighted by Crippen LogP contribution is -1.99. The molecule has 2 aliphatic carbocycles. The molecule has 0 saturated heterocycles. The Labute approximate surface area is 56.3 Å². The quantitative estimate of drug-likeness (QED) is 0.461. The van der Waals surface area contributed by atoms with Gasteiger partial charge in [0.1, 0.15) is 0 Å². The number of fused-ring (bicyclic) bond motifs is 2. The van der Waals surface area contributed by atoms with E-state index < -0.39 is 0 Å². The minimum Gasteiger partial charge on any atom is -0.0953 e. The largest absolute Gasteiger partial charge is 0.0953 e. The highest BCUT2D eigenvalue weighted by atomic mass is 14.4. The number of allylic oxidation sites excluding steroid dienone is 2. The second-order valence-electron chi connectivity index (χ2n) is 3.26. The molecule has 0 aromatic rings. The predicted octanol–water partition coefficient (Wildman–Crippen LogP) is 2.53. The zero-order valence-electron chi connectivity index (χ0n) is 5.69. The van der Waals surface area contributed by atoms with Crippen LogP contribution in [-0.2, 0) is 0 Å². The number of hydrogen-bond acceptors (Lipinski definition) is 0. The second-order valence-corrected chi connectivity index (χ2v) is 3.26. The first-order valence-electron chi connectivity index (χ1n) is 3.67. The zero-order chi connectivity index (χ0) is 6.43. The first kappa shape index (κ1) is 5.28. The summed E-state index contributed by atoms with van der Waals surface area (Å²) in [6, 6.07) is 0. The van der Waals surface area contributed by atoms with Gasteiger partial charge in [-0.2, -0.15) is 0 Å². The highest BCUT2D eigenvalue weighted by molar-refractivity contribution is 5.37. The average Bonchev–Trinajstić information content (AvgIpc) is 2.37. The van der Waals surface area contributed by atoms with E-state index in [1.54, 1.807) is 0 Å². The molecule has 0 amide bonds. The second kappa shape index (κ2) is 1.50. The molecular weight excluding hydrogens is 108 g/mol. The van der Waals surface area contributed by atoms with Crippen LogP contribution in [0.2, 0.25) is 0 Å². The van der Waals surface area contributed by atoms with Crippen molar-refractivity contribution in [1.29, 1.82) is 0 Å². The SMILES string of the molecule is C=C1C(=C)[C@H]2CC[C@@H]1C2. The van der Waals surface area contributed by atoms with Crippen molar-refractivity contribution < 1.29 is 0 Å². The van der Waals surface area contributed by atoms with Gasteiger partial charge >= 0.3 is 0 Å². The molecule has 0 aromatic heterocycles. The van der Waals surface area contributed by atoms with Crippen LogP contribution in [0.1, 0.15) is 19.3 Å². The van der Waals surface area contributed by atoms with E-state index in [2.05, 4.69) is 13.2 Å². The standard InChI is InChI=1S/C9H12/c1-6-7(2)9-4-3-8(6)5-9/h8-9H,1-5H2/t8-,9+. The summed E-state index contributed by atoms with van der Waals surface area (Å²) in [5, 5.41) is 0. The topological polar surface area (TPSA) is 0 Å². The van der Waals surface area contributed by atoms with Crippen LogP contribution in [-0.4, -0.2) is 0 Å². The maximum Gasteiger partial charge on any atom is -0.0159 e. The summed E-state index contributed by atoms with van der Waals surface area (Å²) in [7, 11) is 0. The Morgan fingerprint density at radius 1 is 1.00 bits per heavy atom. The minimum atomic E-state index is 0.822. The third-order valence-electron chi connectivity index (χ3n) is 2.83.